The number of nitrogens with one attached hydrogen (secondary N) is 1. The molecule has 30 heavy (non-hydrogen) atoms. The zero-order chi connectivity index (χ0) is 22.0. The third-order valence-electron chi connectivity index (χ3n) is 5.02. The van der Waals surface area contributed by atoms with E-state index in [-0.39, 0.29) is 24.1 Å². The maximum Gasteiger partial charge on any atom is 0.247 e. The lowest BCUT2D eigenvalue weighted by Gasteiger charge is -2.16. The maximum atomic E-state index is 13.0. The minimum absolute atomic E-state index is 0.0388. The van der Waals surface area contributed by atoms with Crippen LogP contribution in [0.25, 0.3) is 0 Å². The topological polar surface area (TPSA) is 103 Å². The number of aromatic nitrogens is 1. The van der Waals surface area contributed by atoms with Gasteiger partial charge in [-0.15, -0.1) is 0 Å². The third kappa shape index (κ3) is 4.07. The van der Waals surface area contributed by atoms with Crippen molar-refractivity contribution in [2.24, 2.45) is 0 Å². The van der Waals surface area contributed by atoms with Gasteiger partial charge in [-0.1, -0.05) is 18.7 Å². The van der Waals surface area contributed by atoms with E-state index in [0.29, 0.717) is 22.0 Å². The Morgan fingerprint density at radius 1 is 1.30 bits per heavy atom. The molecular weight excluding hydrogens is 400 g/mol. The van der Waals surface area contributed by atoms with Crippen molar-refractivity contribution in [3.63, 3.8) is 0 Å². The fourth-order valence-corrected chi connectivity index (χ4v) is 4.80. The Kier molecular flexibility index (Phi) is 6.22. The van der Waals surface area contributed by atoms with Crippen LogP contribution in [0.2, 0.25) is 0 Å². The molecule has 1 aromatic carbocycles. The molecule has 2 heterocycles. The fraction of sp³-hybridized carbons (Fsp3) is 0.318. The summed E-state index contributed by atoms with van der Waals surface area (Å²) in [4.78, 5) is 42.4. The fourth-order valence-electron chi connectivity index (χ4n) is 3.60. The molecule has 1 N–H and O–H groups in total. The largest absolute Gasteiger partial charge is 0.326 e. The van der Waals surface area contributed by atoms with Crippen LogP contribution in [0.5, 0.6) is 0 Å². The Labute approximate surface area is 179 Å². The number of imide groups is 1. The monoisotopic (exact) mass is 422 g/mol. The number of rotatable bonds is 5. The Morgan fingerprint density at radius 2 is 1.97 bits per heavy atom. The number of hydrogen-bond donors (Lipinski definition) is 1. The number of anilines is 2. The molecule has 1 aromatic heterocycles. The number of carbonyl (C=O) groups is 3. The van der Waals surface area contributed by atoms with Crippen molar-refractivity contribution >= 4 is 40.9 Å². The van der Waals surface area contributed by atoms with E-state index in [1.807, 2.05) is 20.8 Å². The number of carbonyl (C=O) groups excluding carboxylic acids is 3. The van der Waals surface area contributed by atoms with Crippen molar-refractivity contribution in [2.75, 3.05) is 10.2 Å². The molecular formula is C22H22N4O3S. The number of nitrogens with zero attached hydrogens (tertiary/aromatic N) is 3. The predicted octanol–water partition coefficient (Wildman–Crippen LogP) is 3.52. The number of pyridine rings is 1. The molecule has 1 aliphatic rings. The van der Waals surface area contributed by atoms with Gasteiger partial charge in [0.15, 0.2) is 0 Å². The van der Waals surface area contributed by atoms with Crippen molar-refractivity contribution in [3.05, 3.63) is 46.6 Å². The smallest absolute Gasteiger partial charge is 0.247 e. The molecule has 0 spiro atoms. The molecule has 8 heteroatoms. The molecule has 7 nitrogen and oxygen atoms in total. The summed E-state index contributed by atoms with van der Waals surface area (Å²) in [7, 11) is 0. The van der Waals surface area contributed by atoms with Crippen LogP contribution in [0.1, 0.15) is 42.7 Å². The van der Waals surface area contributed by atoms with Gasteiger partial charge in [-0.05, 0) is 55.7 Å². The van der Waals surface area contributed by atoms with Crippen LogP contribution in [-0.2, 0) is 20.8 Å². The molecule has 1 unspecified atom stereocenters. The van der Waals surface area contributed by atoms with Crippen LogP contribution < -0.4 is 10.2 Å². The second-order valence-corrected chi connectivity index (χ2v) is 8.24. The molecule has 1 atom stereocenters. The predicted molar refractivity (Wildman–Crippen MR) is 115 cm³/mol. The zero-order valence-electron chi connectivity index (χ0n) is 17.3. The van der Waals surface area contributed by atoms with E-state index < -0.39 is 5.25 Å². The van der Waals surface area contributed by atoms with Crippen molar-refractivity contribution in [3.8, 4) is 6.07 Å². The first-order valence-corrected chi connectivity index (χ1v) is 10.5. The van der Waals surface area contributed by atoms with Crippen LogP contribution in [0.15, 0.2) is 29.3 Å². The van der Waals surface area contributed by atoms with E-state index in [0.717, 1.165) is 28.1 Å². The summed E-state index contributed by atoms with van der Waals surface area (Å²) in [5.74, 6) is -0.840. The zero-order valence-corrected chi connectivity index (χ0v) is 18.1. The number of thioether (sulfide) groups is 1. The second kappa shape index (κ2) is 8.67. The van der Waals surface area contributed by atoms with Gasteiger partial charge in [0, 0.05) is 24.7 Å². The molecule has 1 aliphatic heterocycles. The number of amides is 3. The van der Waals surface area contributed by atoms with E-state index in [4.69, 9.17) is 0 Å². The first-order valence-electron chi connectivity index (χ1n) is 9.58. The molecule has 0 radical (unpaired) electrons. The summed E-state index contributed by atoms with van der Waals surface area (Å²) >= 11 is 1.17. The highest BCUT2D eigenvalue weighted by Crippen LogP contribution is 2.36. The molecule has 1 saturated heterocycles. The number of nitriles is 1. The summed E-state index contributed by atoms with van der Waals surface area (Å²) in [5.41, 5.74) is 4.23. The van der Waals surface area contributed by atoms with E-state index in [1.54, 1.807) is 24.3 Å². The number of hydrogen-bond acceptors (Lipinski definition) is 6. The van der Waals surface area contributed by atoms with Gasteiger partial charge in [-0.2, -0.15) is 5.26 Å². The summed E-state index contributed by atoms with van der Waals surface area (Å²) in [5, 5.41) is 12.1. The van der Waals surface area contributed by atoms with Crippen LogP contribution in [0, 0.1) is 25.2 Å². The molecule has 1 fully saturated rings. The second-order valence-electron chi connectivity index (χ2n) is 7.05. The SMILES string of the molecule is CCc1c(C)nc(SC2CC(=O)N(c3ccc(NC(C)=O)cc3)C2=O)c(C#N)c1C. The van der Waals surface area contributed by atoms with Gasteiger partial charge >= 0.3 is 0 Å². The maximum absolute atomic E-state index is 13.0. The van der Waals surface area contributed by atoms with E-state index in [2.05, 4.69) is 16.4 Å². The van der Waals surface area contributed by atoms with Crippen molar-refractivity contribution in [2.45, 2.75) is 50.8 Å². The first kappa shape index (κ1) is 21.5. The van der Waals surface area contributed by atoms with Gasteiger partial charge in [0.1, 0.15) is 11.1 Å². The summed E-state index contributed by atoms with van der Waals surface area (Å²) in [6.45, 7) is 7.20. The average molecular weight is 423 g/mol. The Balaban J connectivity index is 1.85. The first-order chi connectivity index (χ1) is 14.3. The van der Waals surface area contributed by atoms with E-state index >= 15 is 0 Å². The molecule has 154 valence electrons. The Bertz CT molecular complexity index is 1070. The van der Waals surface area contributed by atoms with Gasteiger partial charge in [-0.25, -0.2) is 9.88 Å². The van der Waals surface area contributed by atoms with Crippen molar-refractivity contribution in [1.82, 2.24) is 4.98 Å². The van der Waals surface area contributed by atoms with E-state index in [1.165, 1.54) is 18.7 Å². The van der Waals surface area contributed by atoms with Crippen LogP contribution in [0.3, 0.4) is 0 Å². The number of aryl methyl sites for hydroxylation is 1. The van der Waals surface area contributed by atoms with Gasteiger partial charge in [0.25, 0.3) is 0 Å². The summed E-state index contributed by atoms with van der Waals surface area (Å²) in [6, 6.07) is 8.73. The molecule has 2 aromatic rings. The molecule has 0 saturated carbocycles. The van der Waals surface area contributed by atoms with Crippen molar-refractivity contribution < 1.29 is 14.4 Å². The minimum Gasteiger partial charge on any atom is -0.326 e. The lowest BCUT2D eigenvalue weighted by atomic mass is 10.0. The lowest BCUT2D eigenvalue weighted by molar-refractivity contribution is -0.121. The highest BCUT2D eigenvalue weighted by molar-refractivity contribution is 8.00. The van der Waals surface area contributed by atoms with Gasteiger partial charge in [0.05, 0.1) is 16.5 Å². The van der Waals surface area contributed by atoms with Crippen LogP contribution in [-0.4, -0.2) is 28.0 Å². The highest BCUT2D eigenvalue weighted by atomic mass is 32.2. The average Bonchev–Trinajstić information content (AvgIpc) is 2.96. The van der Waals surface area contributed by atoms with Gasteiger partial charge in [0.2, 0.25) is 17.7 Å². The summed E-state index contributed by atoms with van der Waals surface area (Å²) in [6.07, 6.45) is 0.810. The molecule has 0 aliphatic carbocycles. The third-order valence-corrected chi connectivity index (χ3v) is 6.19. The Morgan fingerprint density at radius 3 is 2.53 bits per heavy atom. The molecule has 0 bridgehead atoms. The van der Waals surface area contributed by atoms with E-state index in [9.17, 15) is 19.6 Å². The Hall–Kier alpha value is -3.18. The number of benzene rings is 1. The molecule has 3 rings (SSSR count). The standard InChI is InChI=1S/C22H22N4O3S/c1-5-17-12(2)18(11-23)21(24-13(17)3)30-19-10-20(28)26(22(19)29)16-8-6-15(7-9-16)25-14(4)27/h6-9,19H,5,10H2,1-4H3,(H,25,27). The highest BCUT2D eigenvalue weighted by Gasteiger charge is 2.41. The minimum atomic E-state index is -0.640. The summed E-state index contributed by atoms with van der Waals surface area (Å²) < 4.78 is 0. The van der Waals surface area contributed by atoms with Crippen LogP contribution in [0.4, 0.5) is 11.4 Å². The van der Waals surface area contributed by atoms with Crippen molar-refractivity contribution in [1.29, 1.82) is 5.26 Å². The normalized spacial score (nSPS) is 16.0. The van der Waals surface area contributed by atoms with Gasteiger partial charge < -0.3 is 5.32 Å². The van der Waals surface area contributed by atoms with Gasteiger partial charge in [-0.3, -0.25) is 14.4 Å². The quantitative estimate of drug-likeness (QED) is 0.740. The lowest BCUT2D eigenvalue weighted by Crippen LogP contribution is -2.31. The molecule has 3 amide bonds. The van der Waals surface area contributed by atoms with Crippen LogP contribution >= 0.6 is 11.8 Å².